The Morgan fingerprint density at radius 2 is 2.17 bits per heavy atom. The van der Waals surface area contributed by atoms with E-state index in [-0.39, 0.29) is 6.61 Å². The van der Waals surface area contributed by atoms with Crippen molar-refractivity contribution in [3.8, 4) is 11.5 Å². The zero-order valence-corrected chi connectivity index (χ0v) is 6.82. The van der Waals surface area contributed by atoms with E-state index in [2.05, 4.69) is 0 Å². The molecule has 12 heavy (non-hydrogen) atoms. The van der Waals surface area contributed by atoms with Gasteiger partial charge in [-0.05, 0) is 12.1 Å². The van der Waals surface area contributed by atoms with Crippen LogP contribution in [0, 0.1) is 0 Å². The lowest BCUT2D eigenvalue weighted by Gasteiger charge is -2.03. The minimum atomic E-state index is 0.0766. The fourth-order valence-electron chi connectivity index (χ4n) is 0.821. The maximum absolute atomic E-state index is 9.98. The molecular weight excluding hydrogens is 156 g/mol. The van der Waals surface area contributed by atoms with E-state index in [0.717, 1.165) is 5.75 Å². The molecule has 0 aliphatic carbocycles. The van der Waals surface area contributed by atoms with Gasteiger partial charge in [0.25, 0.3) is 0 Å². The molecule has 1 aromatic rings. The molecule has 0 aromatic heterocycles. The van der Waals surface area contributed by atoms with Crippen molar-refractivity contribution in [1.29, 1.82) is 0 Å². The molecule has 0 amide bonds. The normalized spacial score (nSPS) is 9.08. The summed E-state index contributed by atoms with van der Waals surface area (Å²) in [6.07, 6.45) is 0.708. The lowest BCUT2D eigenvalue weighted by Crippen LogP contribution is -1.97. The van der Waals surface area contributed by atoms with Gasteiger partial charge in [-0.25, -0.2) is 0 Å². The summed E-state index contributed by atoms with van der Waals surface area (Å²) < 4.78 is 10.0. The zero-order valence-electron chi connectivity index (χ0n) is 6.82. The van der Waals surface area contributed by atoms with E-state index in [1.807, 2.05) is 6.07 Å². The summed E-state index contributed by atoms with van der Waals surface area (Å²) in [6.45, 7) is 0.0766. The van der Waals surface area contributed by atoms with Gasteiger partial charge in [-0.15, -0.1) is 0 Å². The summed E-state index contributed by atoms with van der Waals surface area (Å²) in [6, 6.07) is 7.11. The molecule has 3 nitrogen and oxygen atoms in total. The molecule has 0 N–H and O–H groups in total. The van der Waals surface area contributed by atoms with E-state index in [1.54, 1.807) is 25.3 Å². The van der Waals surface area contributed by atoms with Crippen LogP contribution in [0.3, 0.4) is 0 Å². The Bertz CT molecular complexity index is 258. The maximum Gasteiger partial charge on any atom is 0.157 e. The molecular formula is C9H10O3. The Morgan fingerprint density at radius 3 is 2.83 bits per heavy atom. The second-order valence-corrected chi connectivity index (χ2v) is 2.16. The number of benzene rings is 1. The number of rotatable bonds is 4. The molecule has 0 bridgehead atoms. The van der Waals surface area contributed by atoms with E-state index in [1.165, 1.54) is 0 Å². The molecule has 0 aliphatic heterocycles. The highest BCUT2D eigenvalue weighted by atomic mass is 16.5. The summed E-state index contributed by atoms with van der Waals surface area (Å²) in [4.78, 5) is 9.98. The van der Waals surface area contributed by atoms with Gasteiger partial charge in [-0.2, -0.15) is 0 Å². The highest BCUT2D eigenvalue weighted by molar-refractivity contribution is 5.51. The number of carbonyl (C=O) groups is 1. The van der Waals surface area contributed by atoms with Crippen LogP contribution >= 0.6 is 0 Å². The van der Waals surface area contributed by atoms with Crippen molar-refractivity contribution in [2.75, 3.05) is 13.7 Å². The van der Waals surface area contributed by atoms with Crippen LogP contribution in [0.1, 0.15) is 0 Å². The second-order valence-electron chi connectivity index (χ2n) is 2.16. The van der Waals surface area contributed by atoms with Crippen molar-refractivity contribution < 1.29 is 14.3 Å². The smallest absolute Gasteiger partial charge is 0.157 e. The van der Waals surface area contributed by atoms with Crippen LogP contribution in [-0.4, -0.2) is 20.0 Å². The molecule has 0 aliphatic rings. The van der Waals surface area contributed by atoms with Gasteiger partial charge in [0.05, 0.1) is 7.11 Å². The summed E-state index contributed by atoms with van der Waals surface area (Å²) in [5.74, 6) is 1.36. The number of hydrogen-bond donors (Lipinski definition) is 0. The van der Waals surface area contributed by atoms with Crippen LogP contribution in [0.4, 0.5) is 0 Å². The zero-order chi connectivity index (χ0) is 8.81. The Kier molecular flexibility index (Phi) is 3.14. The highest BCUT2D eigenvalue weighted by Gasteiger charge is 1.94. The van der Waals surface area contributed by atoms with E-state index >= 15 is 0 Å². The molecule has 0 saturated carbocycles. The van der Waals surface area contributed by atoms with Gasteiger partial charge in [0, 0.05) is 6.07 Å². The Hall–Kier alpha value is -1.51. The van der Waals surface area contributed by atoms with Crippen molar-refractivity contribution in [2.24, 2.45) is 0 Å². The van der Waals surface area contributed by atoms with Crippen LogP contribution in [0.15, 0.2) is 24.3 Å². The first kappa shape index (κ1) is 8.59. The number of ether oxygens (including phenoxy) is 2. The van der Waals surface area contributed by atoms with Crippen molar-refractivity contribution in [3.05, 3.63) is 24.3 Å². The third-order valence-corrected chi connectivity index (χ3v) is 1.36. The molecule has 3 heteroatoms. The third-order valence-electron chi connectivity index (χ3n) is 1.36. The maximum atomic E-state index is 9.98. The summed E-state index contributed by atoms with van der Waals surface area (Å²) in [5, 5.41) is 0. The number of carbonyl (C=O) groups excluding carboxylic acids is 1. The molecule has 0 saturated heterocycles. The van der Waals surface area contributed by atoms with Crippen LogP contribution in [-0.2, 0) is 4.79 Å². The van der Waals surface area contributed by atoms with Gasteiger partial charge < -0.3 is 9.47 Å². The second kappa shape index (κ2) is 4.38. The average Bonchev–Trinajstić information content (AvgIpc) is 2.15. The van der Waals surface area contributed by atoms with Crippen LogP contribution in [0.25, 0.3) is 0 Å². The fraction of sp³-hybridized carbons (Fsp3) is 0.222. The predicted octanol–water partition coefficient (Wildman–Crippen LogP) is 1.27. The minimum Gasteiger partial charge on any atom is -0.497 e. The van der Waals surface area contributed by atoms with E-state index in [4.69, 9.17) is 9.47 Å². The van der Waals surface area contributed by atoms with E-state index < -0.39 is 0 Å². The monoisotopic (exact) mass is 166 g/mol. The van der Waals surface area contributed by atoms with Crippen molar-refractivity contribution in [3.63, 3.8) is 0 Å². The Morgan fingerprint density at radius 1 is 1.42 bits per heavy atom. The minimum absolute atomic E-state index is 0.0766. The Balaban J connectivity index is 2.65. The first-order valence-corrected chi connectivity index (χ1v) is 3.57. The van der Waals surface area contributed by atoms with Crippen LogP contribution in [0.2, 0.25) is 0 Å². The quantitative estimate of drug-likeness (QED) is 0.632. The average molecular weight is 166 g/mol. The van der Waals surface area contributed by atoms with Gasteiger partial charge in [0.2, 0.25) is 0 Å². The molecule has 1 aromatic carbocycles. The fourth-order valence-corrected chi connectivity index (χ4v) is 0.821. The van der Waals surface area contributed by atoms with Crippen LogP contribution < -0.4 is 9.47 Å². The van der Waals surface area contributed by atoms with Crippen molar-refractivity contribution in [2.45, 2.75) is 0 Å². The number of aldehydes is 1. The van der Waals surface area contributed by atoms with Gasteiger partial charge in [0.1, 0.15) is 18.1 Å². The Labute approximate surface area is 70.9 Å². The molecule has 0 radical (unpaired) electrons. The van der Waals surface area contributed by atoms with Crippen LogP contribution in [0.5, 0.6) is 11.5 Å². The standard InChI is InChI=1S/C9H10O3/c1-11-8-3-2-4-9(7-8)12-6-5-10/h2-5,7H,6H2,1H3. The lowest BCUT2D eigenvalue weighted by atomic mass is 10.3. The van der Waals surface area contributed by atoms with Gasteiger partial charge in [-0.3, -0.25) is 4.79 Å². The van der Waals surface area contributed by atoms with E-state index in [9.17, 15) is 4.79 Å². The lowest BCUT2D eigenvalue weighted by molar-refractivity contribution is -0.109. The molecule has 0 heterocycles. The number of hydrogen-bond acceptors (Lipinski definition) is 3. The largest absolute Gasteiger partial charge is 0.497 e. The first-order chi connectivity index (χ1) is 5.86. The topological polar surface area (TPSA) is 35.5 Å². The third kappa shape index (κ3) is 2.27. The van der Waals surface area contributed by atoms with Gasteiger partial charge >= 0.3 is 0 Å². The number of methoxy groups -OCH3 is 1. The summed E-state index contributed by atoms with van der Waals surface area (Å²) in [7, 11) is 1.58. The van der Waals surface area contributed by atoms with Crippen molar-refractivity contribution in [1.82, 2.24) is 0 Å². The predicted molar refractivity (Wildman–Crippen MR) is 44.6 cm³/mol. The van der Waals surface area contributed by atoms with Gasteiger partial charge in [0.15, 0.2) is 6.29 Å². The SMILES string of the molecule is COc1cccc(OCC=O)c1. The summed E-state index contributed by atoms with van der Waals surface area (Å²) in [5.41, 5.74) is 0. The van der Waals surface area contributed by atoms with Gasteiger partial charge in [-0.1, -0.05) is 6.07 Å². The molecule has 0 atom stereocenters. The first-order valence-electron chi connectivity index (χ1n) is 3.57. The molecule has 64 valence electrons. The molecule has 1 rings (SSSR count). The summed E-state index contributed by atoms with van der Waals surface area (Å²) >= 11 is 0. The molecule has 0 unspecified atom stereocenters. The van der Waals surface area contributed by atoms with E-state index in [0.29, 0.717) is 12.0 Å². The molecule has 0 spiro atoms. The van der Waals surface area contributed by atoms with Crippen molar-refractivity contribution >= 4 is 6.29 Å². The highest BCUT2D eigenvalue weighted by Crippen LogP contribution is 2.18. The molecule has 0 fully saturated rings.